The summed E-state index contributed by atoms with van der Waals surface area (Å²) in [5.74, 6) is -0.0481. The minimum Gasteiger partial charge on any atom is -0.396 e. The van der Waals surface area contributed by atoms with Crippen molar-refractivity contribution >= 4 is 28.8 Å². The van der Waals surface area contributed by atoms with E-state index in [1.807, 2.05) is 22.9 Å². The molecule has 1 amide bonds. The number of nitrogens with zero attached hydrogens (tertiary/aromatic N) is 1. The molecular weight excluding hydrogens is 221 g/mol. The molecule has 0 aromatic heterocycles. The second-order valence-corrected chi connectivity index (χ2v) is 2.79. The zero-order valence-electron chi connectivity index (χ0n) is 4.59. The predicted molar refractivity (Wildman–Crippen MR) is 38.5 cm³/mol. The lowest BCUT2D eigenvalue weighted by Crippen LogP contribution is -2.16. The maximum absolute atomic E-state index is 10.5. The van der Waals surface area contributed by atoms with Crippen molar-refractivity contribution in [1.82, 2.24) is 3.11 Å². The van der Waals surface area contributed by atoms with E-state index in [4.69, 9.17) is 5.11 Å². The molecule has 0 fully saturated rings. The highest BCUT2D eigenvalue weighted by Gasteiger charge is 2.01. The number of amides is 1. The van der Waals surface area contributed by atoms with Gasteiger partial charge in [0.05, 0.1) is 35.9 Å². The third-order valence-electron chi connectivity index (χ3n) is 0.669. The van der Waals surface area contributed by atoms with E-state index in [-0.39, 0.29) is 18.9 Å². The zero-order chi connectivity index (χ0) is 6.57. The molecule has 0 atom stereocenters. The molecule has 0 radical (unpaired) electrons. The van der Waals surface area contributed by atoms with Gasteiger partial charge in [0, 0.05) is 7.05 Å². The topological polar surface area (TPSA) is 40.5 Å². The SMILES string of the molecule is CN(I)C(=O)CCO. The smallest absolute Gasteiger partial charge is 0.233 e. The first-order valence-electron chi connectivity index (χ1n) is 2.21. The van der Waals surface area contributed by atoms with Gasteiger partial charge in [-0.1, -0.05) is 0 Å². The molecule has 8 heavy (non-hydrogen) atoms. The summed E-state index contributed by atoms with van der Waals surface area (Å²) in [5, 5.41) is 8.23. The highest BCUT2D eigenvalue weighted by Crippen LogP contribution is 1.95. The number of hydrogen-bond donors (Lipinski definition) is 1. The molecule has 0 unspecified atom stereocenters. The van der Waals surface area contributed by atoms with Crippen molar-refractivity contribution in [2.24, 2.45) is 0 Å². The summed E-state index contributed by atoms with van der Waals surface area (Å²) in [7, 11) is 1.65. The van der Waals surface area contributed by atoms with E-state index in [0.29, 0.717) is 0 Å². The van der Waals surface area contributed by atoms with Gasteiger partial charge in [0.25, 0.3) is 0 Å². The standard InChI is InChI=1S/C4H8INO2/c1-6(5)4(8)2-3-7/h7H,2-3H2,1H3. The van der Waals surface area contributed by atoms with Crippen LogP contribution in [0.5, 0.6) is 0 Å². The minimum absolute atomic E-state index is 0.0481. The fourth-order valence-electron chi connectivity index (χ4n) is 0.250. The minimum atomic E-state index is -0.0633. The Morgan fingerprint density at radius 1 is 1.88 bits per heavy atom. The molecule has 0 saturated heterocycles. The summed E-state index contributed by atoms with van der Waals surface area (Å²) in [6, 6.07) is 0. The number of aliphatic hydroxyl groups excluding tert-OH is 1. The fraction of sp³-hybridized carbons (Fsp3) is 0.750. The summed E-state index contributed by atoms with van der Waals surface area (Å²) >= 11 is 1.86. The molecule has 4 heteroatoms. The van der Waals surface area contributed by atoms with Crippen LogP contribution in [0.1, 0.15) is 6.42 Å². The Morgan fingerprint density at radius 2 is 2.38 bits per heavy atom. The maximum atomic E-state index is 10.5. The number of carbonyl (C=O) groups is 1. The summed E-state index contributed by atoms with van der Waals surface area (Å²) in [5.41, 5.74) is 0. The van der Waals surface area contributed by atoms with Crippen LogP contribution in [-0.4, -0.2) is 27.8 Å². The van der Waals surface area contributed by atoms with Crippen molar-refractivity contribution in [1.29, 1.82) is 0 Å². The van der Waals surface area contributed by atoms with Crippen LogP contribution in [-0.2, 0) is 4.79 Å². The van der Waals surface area contributed by atoms with E-state index in [2.05, 4.69) is 0 Å². The van der Waals surface area contributed by atoms with E-state index in [1.165, 1.54) is 3.11 Å². The molecule has 0 aliphatic carbocycles. The van der Waals surface area contributed by atoms with Gasteiger partial charge in [-0.2, -0.15) is 0 Å². The molecule has 0 saturated carbocycles. The van der Waals surface area contributed by atoms with Crippen molar-refractivity contribution in [3.05, 3.63) is 0 Å². The van der Waals surface area contributed by atoms with Gasteiger partial charge in [-0.25, -0.2) is 0 Å². The van der Waals surface area contributed by atoms with E-state index >= 15 is 0 Å². The largest absolute Gasteiger partial charge is 0.396 e. The van der Waals surface area contributed by atoms with Crippen LogP contribution in [0.15, 0.2) is 0 Å². The lowest BCUT2D eigenvalue weighted by Gasteiger charge is -2.03. The van der Waals surface area contributed by atoms with Crippen LogP contribution in [0.2, 0.25) is 0 Å². The first kappa shape index (κ1) is 8.16. The lowest BCUT2D eigenvalue weighted by atomic mass is 10.4. The van der Waals surface area contributed by atoms with Gasteiger partial charge in [-0.05, 0) is 0 Å². The molecule has 0 heterocycles. The van der Waals surface area contributed by atoms with Crippen molar-refractivity contribution in [2.75, 3.05) is 13.7 Å². The van der Waals surface area contributed by atoms with Gasteiger partial charge in [0.1, 0.15) is 0 Å². The van der Waals surface area contributed by atoms with Gasteiger partial charge < -0.3 is 5.11 Å². The quantitative estimate of drug-likeness (QED) is 0.541. The second-order valence-electron chi connectivity index (χ2n) is 1.34. The highest BCUT2D eigenvalue weighted by atomic mass is 127. The normalized spacial score (nSPS) is 8.88. The molecule has 0 aliphatic heterocycles. The van der Waals surface area contributed by atoms with Gasteiger partial charge in [-0.15, -0.1) is 0 Å². The average molecular weight is 229 g/mol. The Morgan fingerprint density at radius 3 is 2.50 bits per heavy atom. The Balaban J connectivity index is 3.33. The number of rotatable bonds is 2. The number of halogens is 1. The first-order valence-corrected chi connectivity index (χ1v) is 3.18. The van der Waals surface area contributed by atoms with Crippen molar-refractivity contribution in [3.63, 3.8) is 0 Å². The first-order chi connectivity index (χ1) is 3.68. The van der Waals surface area contributed by atoms with E-state index in [0.717, 1.165) is 0 Å². The molecule has 1 N–H and O–H groups in total. The summed E-state index contributed by atoms with van der Waals surface area (Å²) in [6.07, 6.45) is 0.222. The van der Waals surface area contributed by atoms with Crippen LogP contribution in [0.4, 0.5) is 0 Å². The van der Waals surface area contributed by atoms with Gasteiger partial charge in [0.2, 0.25) is 5.91 Å². The Hall–Kier alpha value is 0.160. The molecule has 0 aromatic rings. The third kappa shape index (κ3) is 3.20. The van der Waals surface area contributed by atoms with Crippen LogP contribution in [0, 0.1) is 0 Å². The van der Waals surface area contributed by atoms with Crippen LogP contribution in [0.3, 0.4) is 0 Å². The molecular formula is C4H8INO2. The lowest BCUT2D eigenvalue weighted by molar-refractivity contribution is -0.125. The fourth-order valence-corrected chi connectivity index (χ4v) is 0.491. The van der Waals surface area contributed by atoms with Crippen LogP contribution >= 0.6 is 22.9 Å². The number of hydrogen-bond acceptors (Lipinski definition) is 2. The van der Waals surface area contributed by atoms with Crippen molar-refractivity contribution < 1.29 is 9.90 Å². The summed E-state index contributed by atoms with van der Waals surface area (Å²) in [4.78, 5) is 10.5. The number of aliphatic hydroxyl groups is 1. The maximum Gasteiger partial charge on any atom is 0.233 e. The Kier molecular flexibility index (Phi) is 4.16. The van der Waals surface area contributed by atoms with Crippen molar-refractivity contribution in [3.8, 4) is 0 Å². The molecule has 0 aromatic carbocycles. The summed E-state index contributed by atoms with van der Waals surface area (Å²) < 4.78 is 1.42. The van der Waals surface area contributed by atoms with E-state index in [1.54, 1.807) is 7.05 Å². The molecule has 0 rings (SSSR count). The number of carbonyl (C=O) groups excluding carboxylic acids is 1. The molecule has 3 nitrogen and oxygen atoms in total. The van der Waals surface area contributed by atoms with Gasteiger partial charge in [-0.3, -0.25) is 7.91 Å². The Bertz CT molecular complexity index is 84.1. The second kappa shape index (κ2) is 4.08. The monoisotopic (exact) mass is 229 g/mol. The van der Waals surface area contributed by atoms with Crippen molar-refractivity contribution in [2.45, 2.75) is 6.42 Å². The van der Waals surface area contributed by atoms with Gasteiger partial charge in [0.15, 0.2) is 0 Å². The molecule has 0 spiro atoms. The molecule has 0 bridgehead atoms. The molecule has 0 aliphatic rings. The van der Waals surface area contributed by atoms with Crippen LogP contribution in [0.25, 0.3) is 0 Å². The highest BCUT2D eigenvalue weighted by molar-refractivity contribution is 14.1. The Labute approximate surface area is 62.2 Å². The van der Waals surface area contributed by atoms with E-state index < -0.39 is 0 Å². The summed E-state index contributed by atoms with van der Waals surface area (Å²) in [6.45, 7) is -0.0633. The van der Waals surface area contributed by atoms with E-state index in [9.17, 15) is 4.79 Å². The molecule has 48 valence electrons. The zero-order valence-corrected chi connectivity index (χ0v) is 6.75. The van der Waals surface area contributed by atoms with Crippen LogP contribution < -0.4 is 0 Å². The predicted octanol–water partition coefficient (Wildman–Crippen LogP) is 0.177. The average Bonchev–Trinajstić information content (AvgIpc) is 1.67. The third-order valence-corrected chi connectivity index (χ3v) is 1.21. The van der Waals surface area contributed by atoms with Gasteiger partial charge >= 0.3 is 0 Å².